The van der Waals surface area contributed by atoms with Gasteiger partial charge < -0.3 is 9.30 Å². The Morgan fingerprint density at radius 2 is 1.89 bits per heavy atom. The molecule has 0 unspecified atom stereocenters. The summed E-state index contributed by atoms with van der Waals surface area (Å²) in [4.78, 5) is 25.5. The first kappa shape index (κ1) is 18.5. The van der Waals surface area contributed by atoms with Crippen LogP contribution in [0.25, 0.3) is 28.3 Å². The van der Waals surface area contributed by atoms with Gasteiger partial charge >= 0.3 is 5.69 Å². The number of hydrogen-bond acceptors (Lipinski definition) is 5. The molecule has 1 aromatic carbocycles. The second-order valence-electron chi connectivity index (χ2n) is 6.53. The first-order valence-electron chi connectivity index (χ1n) is 8.78. The van der Waals surface area contributed by atoms with Crippen molar-refractivity contribution in [3.63, 3.8) is 0 Å². The molecular weight excluding hydrogens is 428 g/mol. The number of hydrogen-bond donors (Lipinski definition) is 0. The number of imidazole rings is 1. The molecule has 0 amide bonds. The van der Waals surface area contributed by atoms with Gasteiger partial charge in [0.25, 0.3) is 5.56 Å². The zero-order valence-electron chi connectivity index (χ0n) is 15.9. The number of rotatable bonds is 4. The fraction of sp³-hybridized carbons (Fsp3) is 0.333. The SMILES string of the molecule is CCCn1c2c(=O)n(C)c(=O)n(C)c2n2c(-c3cc(Br)ccc3OC)nnc12. The van der Waals surface area contributed by atoms with E-state index in [1.165, 1.54) is 11.6 Å². The van der Waals surface area contributed by atoms with Crippen molar-refractivity contribution in [3.8, 4) is 17.1 Å². The van der Waals surface area contributed by atoms with Gasteiger partial charge in [0.05, 0.1) is 12.7 Å². The van der Waals surface area contributed by atoms with E-state index in [0.29, 0.717) is 40.6 Å². The molecule has 3 heterocycles. The van der Waals surface area contributed by atoms with Gasteiger partial charge in [-0.2, -0.15) is 0 Å². The highest BCUT2D eigenvalue weighted by Crippen LogP contribution is 2.33. The van der Waals surface area contributed by atoms with Gasteiger partial charge in [-0.05, 0) is 24.6 Å². The standard InChI is InChI=1S/C18H19BrN6O3/c1-5-8-24-13-15(22(2)18(27)23(3)16(13)26)25-14(20-21-17(24)25)11-9-10(19)6-7-12(11)28-4/h6-7,9H,5,8H2,1-4H3. The second-order valence-corrected chi connectivity index (χ2v) is 7.45. The van der Waals surface area contributed by atoms with Crippen LogP contribution in [0.5, 0.6) is 5.75 Å². The Hall–Kier alpha value is -2.88. The maximum absolute atomic E-state index is 12.9. The average Bonchev–Trinajstić information content (AvgIpc) is 3.24. The van der Waals surface area contributed by atoms with E-state index in [-0.39, 0.29) is 5.56 Å². The lowest BCUT2D eigenvalue weighted by Crippen LogP contribution is -2.37. The fourth-order valence-corrected chi connectivity index (χ4v) is 3.88. The molecule has 0 atom stereocenters. The molecule has 0 bridgehead atoms. The monoisotopic (exact) mass is 446 g/mol. The summed E-state index contributed by atoms with van der Waals surface area (Å²) in [6, 6.07) is 5.56. The third-order valence-corrected chi connectivity index (χ3v) is 5.32. The smallest absolute Gasteiger partial charge is 0.332 e. The van der Waals surface area contributed by atoms with Crippen LogP contribution in [0, 0.1) is 0 Å². The third-order valence-electron chi connectivity index (χ3n) is 4.83. The minimum Gasteiger partial charge on any atom is -0.496 e. The molecule has 28 heavy (non-hydrogen) atoms. The quantitative estimate of drug-likeness (QED) is 0.477. The summed E-state index contributed by atoms with van der Waals surface area (Å²) in [7, 11) is 4.70. The largest absolute Gasteiger partial charge is 0.496 e. The molecule has 4 aromatic rings. The molecule has 0 saturated heterocycles. The Labute approximate surface area is 167 Å². The molecule has 0 aliphatic rings. The highest BCUT2D eigenvalue weighted by atomic mass is 79.9. The Morgan fingerprint density at radius 3 is 2.57 bits per heavy atom. The number of aromatic nitrogens is 6. The van der Waals surface area contributed by atoms with E-state index in [0.717, 1.165) is 15.5 Å². The zero-order valence-corrected chi connectivity index (χ0v) is 17.5. The lowest BCUT2D eigenvalue weighted by Gasteiger charge is -2.09. The van der Waals surface area contributed by atoms with Crippen LogP contribution in [0.15, 0.2) is 32.3 Å². The van der Waals surface area contributed by atoms with Gasteiger partial charge in [-0.15, -0.1) is 10.2 Å². The molecule has 3 aromatic heterocycles. The Balaban J connectivity index is 2.25. The lowest BCUT2D eigenvalue weighted by molar-refractivity contribution is 0.416. The van der Waals surface area contributed by atoms with Crippen LogP contribution in [-0.2, 0) is 20.6 Å². The Morgan fingerprint density at radius 1 is 1.14 bits per heavy atom. The summed E-state index contributed by atoms with van der Waals surface area (Å²) in [6.07, 6.45) is 0.799. The molecule has 0 N–H and O–H groups in total. The molecule has 146 valence electrons. The summed E-state index contributed by atoms with van der Waals surface area (Å²) in [5, 5.41) is 8.70. The van der Waals surface area contributed by atoms with Crippen LogP contribution in [0.1, 0.15) is 13.3 Å². The fourth-order valence-electron chi connectivity index (χ4n) is 3.52. The molecule has 0 aliphatic carbocycles. The summed E-state index contributed by atoms with van der Waals surface area (Å²) in [5.74, 6) is 1.62. The van der Waals surface area contributed by atoms with E-state index in [2.05, 4.69) is 26.1 Å². The molecule has 0 saturated carbocycles. The van der Waals surface area contributed by atoms with E-state index in [1.54, 1.807) is 18.6 Å². The van der Waals surface area contributed by atoms with Crippen LogP contribution in [0.2, 0.25) is 0 Å². The van der Waals surface area contributed by atoms with Crippen molar-refractivity contribution in [2.45, 2.75) is 19.9 Å². The van der Waals surface area contributed by atoms with Crippen LogP contribution < -0.4 is 16.0 Å². The maximum Gasteiger partial charge on any atom is 0.332 e. The van der Waals surface area contributed by atoms with Crippen molar-refractivity contribution in [3.05, 3.63) is 43.5 Å². The molecule has 0 fully saturated rings. The van der Waals surface area contributed by atoms with Crippen molar-refractivity contribution in [1.82, 2.24) is 28.3 Å². The number of aryl methyl sites for hydroxylation is 2. The minimum atomic E-state index is -0.408. The van der Waals surface area contributed by atoms with Gasteiger partial charge in [0, 0.05) is 25.1 Å². The number of halogens is 1. The van der Waals surface area contributed by atoms with Gasteiger partial charge in [-0.1, -0.05) is 22.9 Å². The highest BCUT2D eigenvalue weighted by molar-refractivity contribution is 9.10. The molecule has 10 heteroatoms. The summed E-state index contributed by atoms with van der Waals surface area (Å²) in [5.41, 5.74) is 0.816. The highest BCUT2D eigenvalue weighted by Gasteiger charge is 2.24. The van der Waals surface area contributed by atoms with Gasteiger partial charge in [0.15, 0.2) is 17.0 Å². The predicted molar refractivity (Wildman–Crippen MR) is 109 cm³/mol. The van der Waals surface area contributed by atoms with Gasteiger partial charge in [0.1, 0.15) is 5.75 Å². The molecule has 9 nitrogen and oxygen atoms in total. The Kier molecular flexibility index (Phi) is 4.37. The van der Waals surface area contributed by atoms with Crippen molar-refractivity contribution in [1.29, 1.82) is 0 Å². The van der Waals surface area contributed by atoms with Crippen molar-refractivity contribution in [2.75, 3.05) is 7.11 Å². The summed E-state index contributed by atoms with van der Waals surface area (Å²) in [6.45, 7) is 2.59. The number of benzene rings is 1. The van der Waals surface area contributed by atoms with Crippen LogP contribution in [0.4, 0.5) is 0 Å². The first-order chi connectivity index (χ1) is 13.4. The summed E-state index contributed by atoms with van der Waals surface area (Å²) < 4.78 is 12.5. The molecule has 4 rings (SSSR count). The van der Waals surface area contributed by atoms with E-state index in [9.17, 15) is 9.59 Å². The molecule has 0 spiro atoms. The van der Waals surface area contributed by atoms with Gasteiger partial charge in [-0.3, -0.25) is 13.9 Å². The minimum absolute atomic E-state index is 0.357. The van der Waals surface area contributed by atoms with Crippen LogP contribution in [-0.4, -0.2) is 35.4 Å². The van der Waals surface area contributed by atoms with E-state index >= 15 is 0 Å². The lowest BCUT2D eigenvalue weighted by atomic mass is 10.2. The van der Waals surface area contributed by atoms with Crippen molar-refractivity contribution >= 4 is 32.9 Å². The maximum atomic E-state index is 12.9. The molecule has 0 aliphatic heterocycles. The van der Waals surface area contributed by atoms with Crippen molar-refractivity contribution < 1.29 is 4.74 Å². The topological polar surface area (TPSA) is 88.4 Å². The predicted octanol–water partition coefficient (Wildman–Crippen LogP) is 1.93. The molecule has 0 radical (unpaired) electrons. The van der Waals surface area contributed by atoms with Crippen LogP contribution >= 0.6 is 15.9 Å². The summed E-state index contributed by atoms with van der Waals surface area (Å²) >= 11 is 3.48. The van der Waals surface area contributed by atoms with Gasteiger partial charge in [0.2, 0.25) is 5.78 Å². The van der Waals surface area contributed by atoms with Gasteiger partial charge in [-0.25, -0.2) is 9.20 Å². The third kappa shape index (κ3) is 2.44. The second kappa shape index (κ2) is 6.62. The van der Waals surface area contributed by atoms with Crippen molar-refractivity contribution in [2.24, 2.45) is 14.1 Å². The average molecular weight is 447 g/mol. The number of fused-ring (bicyclic) bond motifs is 3. The normalized spacial score (nSPS) is 11.6. The number of ether oxygens (including phenoxy) is 1. The molecular formula is C18H19BrN6O3. The number of nitrogens with zero attached hydrogens (tertiary/aromatic N) is 6. The zero-order chi connectivity index (χ0) is 20.2. The van der Waals surface area contributed by atoms with E-state index in [4.69, 9.17) is 4.74 Å². The Bertz CT molecular complexity index is 1340. The number of methoxy groups -OCH3 is 1. The van der Waals surface area contributed by atoms with Crippen LogP contribution in [0.3, 0.4) is 0 Å². The first-order valence-corrected chi connectivity index (χ1v) is 9.57. The van der Waals surface area contributed by atoms with E-state index in [1.807, 2.05) is 29.7 Å². The van der Waals surface area contributed by atoms with E-state index < -0.39 is 5.69 Å².